The Bertz CT molecular complexity index is 571. The summed E-state index contributed by atoms with van der Waals surface area (Å²) in [5, 5.41) is 10.7. The molecular formula is C11H11N3O5. The maximum absolute atomic E-state index is 11.8. The lowest BCUT2D eigenvalue weighted by atomic mass is 10.1. The Kier molecular flexibility index (Phi) is 3.07. The average Bonchev–Trinajstić information content (AvgIpc) is 2.37. The van der Waals surface area contributed by atoms with Gasteiger partial charge in [0, 0.05) is 12.1 Å². The van der Waals surface area contributed by atoms with E-state index in [1.807, 2.05) is 0 Å². The van der Waals surface area contributed by atoms with Crippen LogP contribution in [0, 0.1) is 10.1 Å². The van der Waals surface area contributed by atoms with Gasteiger partial charge in [0.15, 0.2) is 6.61 Å². The molecular weight excluding hydrogens is 254 g/mol. The first kappa shape index (κ1) is 12.8. The minimum absolute atomic E-state index is 0.178. The number of hydrogen-bond donors (Lipinski definition) is 1. The van der Waals surface area contributed by atoms with Crippen LogP contribution in [0.3, 0.4) is 0 Å². The van der Waals surface area contributed by atoms with E-state index in [-0.39, 0.29) is 18.0 Å². The van der Waals surface area contributed by atoms with Gasteiger partial charge in [0.05, 0.1) is 10.6 Å². The molecule has 1 heterocycles. The largest absolute Gasteiger partial charge is 0.482 e. The van der Waals surface area contributed by atoms with E-state index in [9.17, 15) is 19.7 Å². The summed E-state index contributed by atoms with van der Waals surface area (Å²) in [7, 11) is 0. The zero-order valence-electron chi connectivity index (χ0n) is 10.0. The van der Waals surface area contributed by atoms with E-state index in [2.05, 4.69) is 0 Å². The van der Waals surface area contributed by atoms with Gasteiger partial charge in [-0.05, 0) is 13.0 Å². The highest BCUT2D eigenvalue weighted by molar-refractivity contribution is 6.03. The molecule has 1 aliphatic rings. The molecule has 19 heavy (non-hydrogen) atoms. The summed E-state index contributed by atoms with van der Waals surface area (Å²) in [4.78, 5) is 34.3. The van der Waals surface area contributed by atoms with E-state index >= 15 is 0 Å². The molecule has 2 amide bonds. The van der Waals surface area contributed by atoms with E-state index in [0.29, 0.717) is 5.75 Å². The quantitative estimate of drug-likeness (QED) is 0.618. The van der Waals surface area contributed by atoms with Crippen molar-refractivity contribution in [1.29, 1.82) is 0 Å². The lowest BCUT2D eigenvalue weighted by Gasteiger charge is -2.32. The second kappa shape index (κ2) is 4.56. The number of ether oxygens (including phenoxy) is 1. The van der Waals surface area contributed by atoms with Gasteiger partial charge in [-0.3, -0.25) is 24.6 Å². The third-order valence-electron chi connectivity index (χ3n) is 2.83. The minimum Gasteiger partial charge on any atom is -0.482 e. The van der Waals surface area contributed by atoms with Crippen LogP contribution in [-0.2, 0) is 9.59 Å². The van der Waals surface area contributed by atoms with Crippen molar-refractivity contribution in [3.8, 4) is 5.75 Å². The first-order valence-electron chi connectivity index (χ1n) is 5.44. The minimum atomic E-state index is -0.905. The molecule has 0 saturated heterocycles. The molecule has 0 saturated carbocycles. The number of carbonyl (C=O) groups is 2. The highest BCUT2D eigenvalue weighted by Crippen LogP contribution is 2.36. The number of anilines is 1. The van der Waals surface area contributed by atoms with Gasteiger partial charge in [0.25, 0.3) is 11.6 Å². The lowest BCUT2D eigenvalue weighted by Crippen LogP contribution is -2.50. The Hall–Kier alpha value is -2.64. The number of nitrogens with zero attached hydrogens (tertiary/aromatic N) is 2. The van der Waals surface area contributed by atoms with Crippen LogP contribution in [0.5, 0.6) is 5.75 Å². The number of hydrogen-bond acceptors (Lipinski definition) is 5. The monoisotopic (exact) mass is 265 g/mol. The Labute approximate surface area is 107 Å². The van der Waals surface area contributed by atoms with Crippen molar-refractivity contribution in [2.24, 2.45) is 5.73 Å². The number of rotatable bonds is 3. The molecule has 0 radical (unpaired) electrons. The standard InChI is InChI=1S/C11H11N3O5/c1-6(11(12)16)13-8-4-7(14(17)18)2-3-9(8)19-5-10(13)15/h2-4,6H,5H2,1H3,(H2,12,16). The van der Waals surface area contributed by atoms with Crippen LogP contribution in [0.2, 0.25) is 0 Å². The highest BCUT2D eigenvalue weighted by atomic mass is 16.6. The number of fused-ring (bicyclic) bond motifs is 1. The van der Waals surface area contributed by atoms with Crippen molar-refractivity contribution in [3.63, 3.8) is 0 Å². The molecule has 100 valence electrons. The van der Waals surface area contributed by atoms with E-state index < -0.39 is 22.8 Å². The summed E-state index contributed by atoms with van der Waals surface area (Å²) in [5.41, 5.74) is 5.16. The molecule has 2 rings (SSSR count). The molecule has 2 N–H and O–H groups in total. The molecule has 0 spiro atoms. The zero-order chi connectivity index (χ0) is 14.2. The number of carbonyl (C=O) groups excluding carboxylic acids is 2. The van der Waals surface area contributed by atoms with Gasteiger partial charge in [0.1, 0.15) is 11.8 Å². The fourth-order valence-corrected chi connectivity index (χ4v) is 1.82. The summed E-state index contributed by atoms with van der Waals surface area (Å²) in [6.07, 6.45) is 0. The molecule has 8 nitrogen and oxygen atoms in total. The number of non-ortho nitro benzene ring substituents is 1. The number of amides is 2. The lowest BCUT2D eigenvalue weighted by molar-refractivity contribution is -0.384. The van der Waals surface area contributed by atoms with Gasteiger partial charge >= 0.3 is 0 Å². The zero-order valence-corrected chi connectivity index (χ0v) is 10.0. The Balaban J connectivity index is 2.53. The topological polar surface area (TPSA) is 116 Å². The average molecular weight is 265 g/mol. The molecule has 0 bridgehead atoms. The molecule has 1 unspecified atom stereocenters. The third-order valence-corrected chi connectivity index (χ3v) is 2.83. The van der Waals surface area contributed by atoms with E-state index in [0.717, 1.165) is 4.90 Å². The molecule has 1 aliphatic heterocycles. The molecule has 1 aromatic rings. The van der Waals surface area contributed by atoms with Crippen LogP contribution >= 0.6 is 0 Å². The number of nitrogens with two attached hydrogens (primary N) is 1. The van der Waals surface area contributed by atoms with Crippen LogP contribution in [0.4, 0.5) is 11.4 Å². The molecule has 8 heteroatoms. The third kappa shape index (κ3) is 2.19. The molecule has 0 aliphatic carbocycles. The first-order valence-corrected chi connectivity index (χ1v) is 5.44. The van der Waals surface area contributed by atoms with Gasteiger partial charge < -0.3 is 10.5 Å². The van der Waals surface area contributed by atoms with E-state index in [1.165, 1.54) is 25.1 Å². The van der Waals surface area contributed by atoms with Crippen LogP contribution in [-0.4, -0.2) is 29.4 Å². The summed E-state index contributed by atoms with van der Waals surface area (Å²) < 4.78 is 5.16. The highest BCUT2D eigenvalue weighted by Gasteiger charge is 2.33. The molecule has 1 atom stereocenters. The predicted molar refractivity (Wildman–Crippen MR) is 64.7 cm³/mol. The summed E-state index contributed by atoms with van der Waals surface area (Å²) in [6, 6.07) is 2.94. The van der Waals surface area contributed by atoms with Crippen molar-refractivity contribution < 1.29 is 19.2 Å². The number of benzene rings is 1. The van der Waals surface area contributed by atoms with Crippen molar-refractivity contribution in [3.05, 3.63) is 28.3 Å². The van der Waals surface area contributed by atoms with E-state index in [1.54, 1.807) is 0 Å². The van der Waals surface area contributed by atoms with Crippen LogP contribution in [0.1, 0.15) is 6.92 Å². The van der Waals surface area contributed by atoms with E-state index in [4.69, 9.17) is 10.5 Å². The van der Waals surface area contributed by atoms with Gasteiger partial charge in [-0.25, -0.2) is 0 Å². The van der Waals surface area contributed by atoms with Crippen molar-refractivity contribution in [2.75, 3.05) is 11.5 Å². The Morgan fingerprint density at radius 3 is 2.84 bits per heavy atom. The number of primary amides is 1. The number of nitro groups is 1. The fraction of sp³-hybridized carbons (Fsp3) is 0.273. The van der Waals surface area contributed by atoms with Crippen molar-refractivity contribution >= 4 is 23.2 Å². The maximum Gasteiger partial charge on any atom is 0.271 e. The molecule has 0 fully saturated rings. The molecule has 0 aromatic heterocycles. The van der Waals surface area contributed by atoms with Crippen LogP contribution in [0.15, 0.2) is 18.2 Å². The second-order valence-corrected chi connectivity index (χ2v) is 4.04. The van der Waals surface area contributed by atoms with Gasteiger partial charge in [-0.15, -0.1) is 0 Å². The maximum atomic E-state index is 11.8. The summed E-state index contributed by atoms with van der Waals surface area (Å²) in [5.74, 6) is -0.870. The SMILES string of the molecule is CC(C(N)=O)N1C(=O)COc2ccc([N+](=O)[O-])cc21. The van der Waals surface area contributed by atoms with Crippen molar-refractivity contribution in [2.45, 2.75) is 13.0 Å². The fourth-order valence-electron chi connectivity index (χ4n) is 1.82. The summed E-state index contributed by atoms with van der Waals surface area (Å²) >= 11 is 0. The Morgan fingerprint density at radius 1 is 1.58 bits per heavy atom. The van der Waals surface area contributed by atoms with Gasteiger partial charge in [0.2, 0.25) is 5.91 Å². The van der Waals surface area contributed by atoms with Gasteiger partial charge in [-0.2, -0.15) is 0 Å². The molecule has 1 aromatic carbocycles. The van der Waals surface area contributed by atoms with Crippen molar-refractivity contribution in [1.82, 2.24) is 0 Å². The predicted octanol–water partition coefficient (Wildman–Crippen LogP) is 0.194. The van der Waals surface area contributed by atoms with Crippen LogP contribution in [0.25, 0.3) is 0 Å². The Morgan fingerprint density at radius 2 is 2.26 bits per heavy atom. The smallest absolute Gasteiger partial charge is 0.271 e. The normalized spacial score (nSPS) is 15.4. The van der Waals surface area contributed by atoms with Crippen LogP contribution < -0.4 is 15.4 Å². The van der Waals surface area contributed by atoms with Gasteiger partial charge in [-0.1, -0.05) is 0 Å². The summed E-state index contributed by atoms with van der Waals surface area (Å²) in [6.45, 7) is 1.22. The number of nitro benzene ring substituents is 1. The first-order chi connectivity index (χ1) is 8.91. The second-order valence-electron chi connectivity index (χ2n) is 4.04.